The first-order valence-electron chi connectivity index (χ1n) is 7.42. The van der Waals surface area contributed by atoms with E-state index in [-0.39, 0.29) is 5.76 Å². The monoisotopic (exact) mass is 351 g/mol. The summed E-state index contributed by atoms with van der Waals surface area (Å²) in [5, 5.41) is 10.8. The van der Waals surface area contributed by atoms with Gasteiger partial charge in [0.1, 0.15) is 4.92 Å². The summed E-state index contributed by atoms with van der Waals surface area (Å²) in [4.78, 5) is 24.2. The molecular weight excluding hydrogens is 338 g/mol. The first-order chi connectivity index (χ1) is 12.1. The maximum absolute atomic E-state index is 12.8. The molecule has 0 unspecified atom stereocenters. The molecule has 3 aromatic rings. The van der Waals surface area contributed by atoms with Crippen LogP contribution in [0.1, 0.15) is 16.1 Å². The minimum atomic E-state index is -0.665. The van der Waals surface area contributed by atoms with E-state index in [0.717, 1.165) is 10.5 Å². The fourth-order valence-corrected chi connectivity index (χ4v) is 3.06. The van der Waals surface area contributed by atoms with Crippen LogP contribution in [0.2, 0.25) is 0 Å². The molecule has 6 heteroatoms. The summed E-state index contributed by atoms with van der Waals surface area (Å²) in [6.07, 6.45) is 1.74. The van der Waals surface area contributed by atoms with Gasteiger partial charge in [-0.15, -0.1) is 0 Å². The van der Waals surface area contributed by atoms with Crippen molar-refractivity contribution >= 4 is 29.5 Å². The van der Waals surface area contributed by atoms with Gasteiger partial charge in [0, 0.05) is 4.90 Å². The van der Waals surface area contributed by atoms with Crippen molar-refractivity contribution in [2.45, 2.75) is 4.90 Å². The lowest BCUT2D eigenvalue weighted by Gasteiger charge is -2.05. The number of carbonyl (C=O) groups excluding carboxylic acids is 1. The van der Waals surface area contributed by atoms with Gasteiger partial charge in [-0.25, -0.2) is 0 Å². The lowest BCUT2D eigenvalue weighted by atomic mass is 10.2. The molecule has 2 aromatic carbocycles. The second-order valence-electron chi connectivity index (χ2n) is 5.06. The number of thioether (sulfide) groups is 1. The van der Waals surface area contributed by atoms with Crippen molar-refractivity contribution in [2.75, 3.05) is 0 Å². The molecule has 25 heavy (non-hydrogen) atoms. The Bertz CT molecular complexity index is 917. The number of nitro groups is 1. The molecule has 3 rings (SSSR count). The van der Waals surface area contributed by atoms with Crippen molar-refractivity contribution < 1.29 is 14.1 Å². The summed E-state index contributed by atoms with van der Waals surface area (Å²) in [7, 11) is 0. The van der Waals surface area contributed by atoms with Gasteiger partial charge in [-0.1, -0.05) is 60.3 Å². The van der Waals surface area contributed by atoms with E-state index in [2.05, 4.69) is 0 Å². The largest absolute Gasteiger partial charge is 0.433 e. The Hall–Kier alpha value is -3.12. The minimum absolute atomic E-state index is 0.0580. The van der Waals surface area contributed by atoms with Crippen LogP contribution in [0, 0.1) is 10.1 Å². The number of benzene rings is 2. The van der Waals surface area contributed by atoms with E-state index in [1.807, 2.05) is 60.7 Å². The Labute approximate surface area is 148 Å². The molecule has 0 saturated heterocycles. The second-order valence-corrected chi connectivity index (χ2v) is 6.17. The summed E-state index contributed by atoms with van der Waals surface area (Å²) in [5.41, 5.74) is 0.857. The molecule has 0 saturated carbocycles. The Kier molecular flexibility index (Phi) is 5.11. The number of hydrogen-bond acceptors (Lipinski definition) is 5. The maximum Gasteiger partial charge on any atom is 0.433 e. The van der Waals surface area contributed by atoms with Crippen molar-refractivity contribution in [3.63, 3.8) is 0 Å². The van der Waals surface area contributed by atoms with E-state index < -0.39 is 16.6 Å². The Morgan fingerprint density at radius 3 is 2.20 bits per heavy atom. The highest BCUT2D eigenvalue weighted by Crippen LogP contribution is 2.32. The zero-order valence-electron chi connectivity index (χ0n) is 13.0. The van der Waals surface area contributed by atoms with Crippen LogP contribution < -0.4 is 0 Å². The summed E-state index contributed by atoms with van der Waals surface area (Å²) >= 11 is 1.29. The molecule has 0 spiro atoms. The van der Waals surface area contributed by atoms with Crippen LogP contribution in [0.15, 0.2) is 87.0 Å². The molecule has 1 aromatic heterocycles. The molecule has 0 N–H and O–H groups in total. The topological polar surface area (TPSA) is 73.3 Å². The van der Waals surface area contributed by atoms with Gasteiger partial charge in [0.25, 0.3) is 0 Å². The molecule has 0 bridgehead atoms. The Morgan fingerprint density at radius 2 is 1.60 bits per heavy atom. The van der Waals surface area contributed by atoms with E-state index in [1.165, 1.54) is 23.9 Å². The summed E-state index contributed by atoms with van der Waals surface area (Å²) in [6, 6.07) is 21.3. The predicted octanol–water partition coefficient (Wildman–Crippen LogP) is 5.20. The van der Waals surface area contributed by atoms with Crippen LogP contribution in [0.25, 0.3) is 6.08 Å². The molecule has 1 heterocycles. The van der Waals surface area contributed by atoms with E-state index >= 15 is 0 Å². The number of ketones is 1. The van der Waals surface area contributed by atoms with Gasteiger partial charge in [-0.05, 0) is 29.8 Å². The number of carbonyl (C=O) groups is 1. The number of hydrogen-bond donors (Lipinski definition) is 0. The molecule has 0 aliphatic carbocycles. The number of nitrogens with zero attached hydrogens (tertiary/aromatic N) is 1. The molecule has 0 amide bonds. The van der Waals surface area contributed by atoms with Crippen molar-refractivity contribution in [2.24, 2.45) is 0 Å². The zero-order chi connectivity index (χ0) is 17.6. The summed E-state index contributed by atoms with van der Waals surface area (Å²) in [5.74, 6) is -0.907. The van der Waals surface area contributed by atoms with Gasteiger partial charge < -0.3 is 4.42 Å². The molecular formula is C19H13NO4S. The van der Waals surface area contributed by atoms with Gasteiger partial charge in [0.15, 0.2) is 5.76 Å². The molecule has 0 radical (unpaired) electrons. The van der Waals surface area contributed by atoms with Gasteiger partial charge >= 0.3 is 5.88 Å². The highest BCUT2D eigenvalue weighted by molar-refractivity contribution is 8.04. The fraction of sp³-hybridized carbons (Fsp3) is 0. The van der Waals surface area contributed by atoms with E-state index in [0.29, 0.717) is 4.91 Å². The highest BCUT2D eigenvalue weighted by atomic mass is 32.2. The Morgan fingerprint density at radius 1 is 0.960 bits per heavy atom. The number of allylic oxidation sites excluding steroid dienone is 1. The van der Waals surface area contributed by atoms with Gasteiger partial charge in [0.2, 0.25) is 5.78 Å². The molecule has 0 aliphatic heterocycles. The minimum Gasteiger partial charge on any atom is -0.397 e. The van der Waals surface area contributed by atoms with Crippen LogP contribution >= 0.6 is 11.8 Å². The Balaban J connectivity index is 1.96. The van der Waals surface area contributed by atoms with Crippen LogP contribution in [0.5, 0.6) is 0 Å². The first kappa shape index (κ1) is 16.7. The van der Waals surface area contributed by atoms with Crippen LogP contribution in [-0.2, 0) is 0 Å². The average Bonchev–Trinajstić information content (AvgIpc) is 3.13. The fourth-order valence-electron chi connectivity index (χ4n) is 2.13. The van der Waals surface area contributed by atoms with Gasteiger partial charge in [0.05, 0.1) is 11.0 Å². The zero-order valence-corrected chi connectivity index (χ0v) is 13.8. The molecule has 124 valence electrons. The summed E-state index contributed by atoms with van der Waals surface area (Å²) in [6.45, 7) is 0. The van der Waals surface area contributed by atoms with Gasteiger partial charge in [-0.3, -0.25) is 14.9 Å². The smallest absolute Gasteiger partial charge is 0.397 e. The van der Waals surface area contributed by atoms with Crippen LogP contribution in [0.4, 0.5) is 5.88 Å². The highest BCUT2D eigenvalue weighted by Gasteiger charge is 2.21. The molecule has 0 aliphatic rings. The number of Topliss-reactive ketones (excluding diaryl/α,β-unsaturated/α-hetero) is 1. The maximum atomic E-state index is 12.8. The van der Waals surface area contributed by atoms with Gasteiger partial charge in [-0.2, -0.15) is 0 Å². The van der Waals surface area contributed by atoms with Crippen molar-refractivity contribution in [1.82, 2.24) is 0 Å². The quantitative estimate of drug-likeness (QED) is 0.200. The third kappa shape index (κ3) is 4.24. The number of rotatable bonds is 6. The van der Waals surface area contributed by atoms with Crippen LogP contribution in [0.3, 0.4) is 0 Å². The third-order valence-electron chi connectivity index (χ3n) is 3.29. The standard InChI is InChI=1S/C19H13NO4S/c21-19(16-11-12-18(24-16)20(22)23)17(13-14-7-3-1-4-8-14)25-15-9-5-2-6-10-15/h1-13H/b17-13-. The number of furan rings is 1. The van der Waals surface area contributed by atoms with E-state index in [1.54, 1.807) is 6.08 Å². The van der Waals surface area contributed by atoms with E-state index in [4.69, 9.17) is 4.42 Å². The normalized spacial score (nSPS) is 11.3. The molecule has 0 fully saturated rings. The second kappa shape index (κ2) is 7.63. The molecule has 5 nitrogen and oxygen atoms in total. The molecule has 0 atom stereocenters. The lowest BCUT2D eigenvalue weighted by Crippen LogP contribution is -1.99. The first-order valence-corrected chi connectivity index (χ1v) is 8.24. The van der Waals surface area contributed by atoms with E-state index in [9.17, 15) is 14.9 Å². The average molecular weight is 351 g/mol. The lowest BCUT2D eigenvalue weighted by molar-refractivity contribution is -0.402. The predicted molar refractivity (Wildman–Crippen MR) is 96.4 cm³/mol. The van der Waals surface area contributed by atoms with Crippen LogP contribution in [-0.4, -0.2) is 10.7 Å². The van der Waals surface area contributed by atoms with Crippen molar-refractivity contribution in [3.8, 4) is 0 Å². The third-order valence-corrected chi connectivity index (χ3v) is 4.32. The van der Waals surface area contributed by atoms with Crippen molar-refractivity contribution in [3.05, 3.63) is 99.1 Å². The summed E-state index contributed by atoms with van der Waals surface area (Å²) < 4.78 is 5.06. The van der Waals surface area contributed by atoms with Crippen molar-refractivity contribution in [1.29, 1.82) is 0 Å². The SMILES string of the molecule is O=C(/C(=C/c1ccccc1)Sc1ccccc1)c1ccc([N+](=O)[O-])o1.